The Labute approximate surface area is 164 Å². The van der Waals surface area contributed by atoms with Crippen molar-refractivity contribution in [2.24, 2.45) is 5.73 Å². The summed E-state index contributed by atoms with van der Waals surface area (Å²) in [5.41, 5.74) is 5.44. The van der Waals surface area contributed by atoms with Gasteiger partial charge in [-0.2, -0.15) is 0 Å². The molecule has 2 heterocycles. The van der Waals surface area contributed by atoms with E-state index in [0.717, 1.165) is 4.90 Å². The number of fused-ring (bicyclic) bond motifs is 1. The fourth-order valence-electron chi connectivity index (χ4n) is 2.83. The van der Waals surface area contributed by atoms with Crippen LogP contribution in [0.4, 0.5) is 0 Å². The van der Waals surface area contributed by atoms with Gasteiger partial charge in [0.15, 0.2) is 0 Å². The fraction of sp³-hybridized carbons (Fsp3) is 0.562. The van der Waals surface area contributed by atoms with E-state index >= 15 is 0 Å². The van der Waals surface area contributed by atoms with E-state index in [-0.39, 0.29) is 37.3 Å². The van der Waals surface area contributed by atoms with Gasteiger partial charge >= 0.3 is 17.9 Å². The van der Waals surface area contributed by atoms with Crippen LogP contribution in [0.2, 0.25) is 0 Å². The Hall–Kier alpha value is -2.60. The summed E-state index contributed by atoms with van der Waals surface area (Å²) in [6.07, 6.45) is 0.368. The number of aliphatic carboxylic acids is 2. The second-order valence-corrected chi connectivity index (χ2v) is 7.43. The third-order valence-corrected chi connectivity index (χ3v) is 5.59. The molecule has 0 aromatic heterocycles. The van der Waals surface area contributed by atoms with Crippen LogP contribution < -0.4 is 11.1 Å². The highest BCUT2D eigenvalue weighted by Gasteiger charge is 2.54. The van der Waals surface area contributed by atoms with E-state index in [0.29, 0.717) is 5.57 Å². The summed E-state index contributed by atoms with van der Waals surface area (Å²) >= 11 is 1.26. The first-order valence-corrected chi connectivity index (χ1v) is 9.49. The van der Waals surface area contributed by atoms with Crippen molar-refractivity contribution < 1.29 is 38.9 Å². The third kappa shape index (κ3) is 4.81. The second-order valence-electron chi connectivity index (χ2n) is 6.33. The Balaban J connectivity index is 1.96. The molecule has 0 radical (unpaired) electrons. The Bertz CT molecular complexity index is 737. The van der Waals surface area contributed by atoms with Gasteiger partial charge in [0.25, 0.3) is 5.91 Å². The Morgan fingerprint density at radius 3 is 2.61 bits per heavy atom. The number of carboxylic acids is 2. The van der Waals surface area contributed by atoms with Gasteiger partial charge < -0.3 is 26.0 Å². The number of hydrogen-bond donors (Lipinski definition) is 4. The van der Waals surface area contributed by atoms with Crippen molar-refractivity contribution >= 4 is 41.5 Å². The molecule has 2 unspecified atom stereocenters. The van der Waals surface area contributed by atoms with E-state index in [1.165, 1.54) is 18.7 Å². The quantitative estimate of drug-likeness (QED) is 0.266. The van der Waals surface area contributed by atoms with Crippen molar-refractivity contribution in [3.63, 3.8) is 0 Å². The summed E-state index contributed by atoms with van der Waals surface area (Å²) in [6.45, 7) is 0.977. The zero-order valence-electron chi connectivity index (χ0n) is 15.0. The van der Waals surface area contributed by atoms with Gasteiger partial charge in [-0.15, -0.1) is 11.8 Å². The van der Waals surface area contributed by atoms with Crippen LogP contribution in [-0.2, 0) is 28.7 Å². The molecule has 2 aliphatic rings. The van der Waals surface area contributed by atoms with Gasteiger partial charge in [0.2, 0.25) is 5.91 Å². The van der Waals surface area contributed by atoms with Gasteiger partial charge in [-0.25, -0.2) is 4.79 Å². The molecule has 3 atom stereocenters. The van der Waals surface area contributed by atoms with Crippen molar-refractivity contribution in [3.8, 4) is 0 Å². The average molecular weight is 415 g/mol. The molecule has 28 heavy (non-hydrogen) atoms. The zero-order valence-corrected chi connectivity index (χ0v) is 15.9. The van der Waals surface area contributed by atoms with E-state index in [1.807, 2.05) is 0 Å². The van der Waals surface area contributed by atoms with Crippen LogP contribution in [0.5, 0.6) is 0 Å². The number of nitrogens with zero attached hydrogens (tertiary/aromatic N) is 1. The lowest BCUT2D eigenvalue weighted by atomic mass is 10.0. The summed E-state index contributed by atoms with van der Waals surface area (Å²) in [4.78, 5) is 58.7. The number of β-lactam (4-membered cyclic amide) rings is 1. The number of amides is 2. The van der Waals surface area contributed by atoms with Gasteiger partial charge in [-0.3, -0.25) is 24.1 Å². The number of ether oxygens (including phenoxy) is 1. The van der Waals surface area contributed by atoms with E-state index in [9.17, 15) is 29.1 Å². The van der Waals surface area contributed by atoms with Crippen LogP contribution in [0, 0.1) is 0 Å². The highest BCUT2D eigenvalue weighted by Crippen LogP contribution is 2.40. The van der Waals surface area contributed by atoms with Gasteiger partial charge in [0, 0.05) is 24.7 Å². The summed E-state index contributed by atoms with van der Waals surface area (Å²) in [7, 11) is 0. The maximum Gasteiger partial charge on any atom is 0.352 e. The molecule has 0 bridgehead atoms. The van der Waals surface area contributed by atoms with E-state index in [1.54, 1.807) is 0 Å². The molecule has 2 amide bonds. The maximum atomic E-state index is 12.4. The molecular weight excluding hydrogens is 394 g/mol. The molecule has 0 aromatic carbocycles. The zero-order chi connectivity index (χ0) is 21.0. The molecule has 11 nitrogen and oxygen atoms in total. The average Bonchev–Trinajstić information content (AvgIpc) is 2.62. The highest BCUT2D eigenvalue weighted by molar-refractivity contribution is 8.00. The number of carboxylic acid groups (broad SMARTS) is 2. The lowest BCUT2D eigenvalue weighted by Crippen LogP contribution is -2.70. The standard InChI is InChI=1S/C16H21N3O8S/c1-7(20)27-5-8-6-28-14-11(13(22)19(14)12(8)16(25)26)18-10(21)4-2-3-9(17)15(23)24/h9,11,14H,2-6,17H2,1H3,(H,18,21)(H,23,24)(H,25,26)/t9?,11?,14-/m0/s1. The number of hydrogen-bond acceptors (Lipinski definition) is 8. The summed E-state index contributed by atoms with van der Waals surface area (Å²) < 4.78 is 4.84. The van der Waals surface area contributed by atoms with Gasteiger partial charge in [-0.1, -0.05) is 0 Å². The highest BCUT2D eigenvalue weighted by atomic mass is 32.2. The predicted molar refractivity (Wildman–Crippen MR) is 95.8 cm³/mol. The molecule has 0 aromatic rings. The monoisotopic (exact) mass is 415 g/mol. The van der Waals surface area contributed by atoms with E-state index in [2.05, 4.69) is 5.32 Å². The lowest BCUT2D eigenvalue weighted by molar-refractivity contribution is -0.151. The smallest absolute Gasteiger partial charge is 0.352 e. The van der Waals surface area contributed by atoms with Gasteiger partial charge in [-0.05, 0) is 12.8 Å². The molecule has 154 valence electrons. The molecule has 2 rings (SSSR count). The first-order valence-electron chi connectivity index (χ1n) is 8.44. The minimum absolute atomic E-state index is 0.00146. The summed E-state index contributed by atoms with van der Waals surface area (Å²) in [5, 5.41) is 20.1. The van der Waals surface area contributed by atoms with Crippen LogP contribution in [0.15, 0.2) is 11.3 Å². The number of nitrogens with two attached hydrogens (primary N) is 1. The van der Waals surface area contributed by atoms with Crippen LogP contribution >= 0.6 is 11.8 Å². The maximum absolute atomic E-state index is 12.4. The van der Waals surface area contributed by atoms with Crippen molar-refractivity contribution in [2.75, 3.05) is 12.4 Å². The Morgan fingerprint density at radius 1 is 1.36 bits per heavy atom. The number of carbonyl (C=O) groups is 5. The van der Waals surface area contributed by atoms with E-state index < -0.39 is 47.2 Å². The van der Waals surface area contributed by atoms with Crippen LogP contribution in [0.25, 0.3) is 0 Å². The van der Waals surface area contributed by atoms with Crippen LogP contribution in [0.3, 0.4) is 0 Å². The number of thioether (sulfide) groups is 1. The predicted octanol–water partition coefficient (Wildman–Crippen LogP) is -1.13. The first-order chi connectivity index (χ1) is 13.1. The molecule has 0 saturated carbocycles. The number of esters is 1. The third-order valence-electron chi connectivity index (χ3n) is 4.25. The lowest BCUT2D eigenvalue weighted by Gasteiger charge is -2.49. The van der Waals surface area contributed by atoms with Gasteiger partial charge in [0.05, 0.1) is 0 Å². The molecule has 1 saturated heterocycles. The largest absolute Gasteiger partial charge is 0.480 e. The number of nitrogens with one attached hydrogen (secondary N) is 1. The summed E-state index contributed by atoms with van der Waals surface area (Å²) in [6, 6.07) is -1.92. The fourth-order valence-corrected chi connectivity index (χ4v) is 4.16. The molecule has 0 aliphatic carbocycles. The van der Waals surface area contributed by atoms with Crippen molar-refractivity contribution in [1.82, 2.24) is 10.2 Å². The minimum atomic E-state index is -1.31. The second kappa shape index (κ2) is 9.06. The Kier molecular flexibility index (Phi) is 7.02. The molecule has 2 aliphatic heterocycles. The minimum Gasteiger partial charge on any atom is -0.480 e. The van der Waals surface area contributed by atoms with E-state index in [4.69, 9.17) is 15.6 Å². The topological polar surface area (TPSA) is 176 Å². The first kappa shape index (κ1) is 21.7. The van der Waals surface area contributed by atoms with Crippen molar-refractivity contribution in [2.45, 2.75) is 43.6 Å². The molecular formula is C16H21N3O8S. The molecule has 12 heteroatoms. The number of carbonyl (C=O) groups excluding carboxylic acids is 3. The molecule has 5 N–H and O–H groups in total. The van der Waals surface area contributed by atoms with Crippen LogP contribution in [0.1, 0.15) is 26.2 Å². The van der Waals surface area contributed by atoms with Crippen molar-refractivity contribution in [1.29, 1.82) is 0 Å². The van der Waals surface area contributed by atoms with Gasteiger partial charge in [0.1, 0.15) is 29.8 Å². The summed E-state index contributed by atoms with van der Waals surface area (Å²) in [5.74, 6) is -3.79. The Morgan fingerprint density at radius 2 is 2.04 bits per heavy atom. The normalized spacial score (nSPS) is 22.1. The SMILES string of the molecule is CC(=O)OCC1=C(C(=O)O)N2C(=O)C(NC(=O)CCCC(N)C(=O)O)[C@@H]2SC1. The van der Waals surface area contributed by atoms with Crippen molar-refractivity contribution in [3.05, 3.63) is 11.3 Å². The molecule has 0 spiro atoms. The molecule has 1 fully saturated rings. The van der Waals surface area contributed by atoms with Crippen LogP contribution in [-0.4, -0.2) is 74.7 Å². The number of rotatable bonds is 9.